The van der Waals surface area contributed by atoms with E-state index in [2.05, 4.69) is 47.0 Å². The highest BCUT2D eigenvalue weighted by atomic mass is 35.5. The lowest BCUT2D eigenvalue weighted by Crippen LogP contribution is -2.39. The molecule has 5 nitrogen and oxygen atoms in total. The molecule has 0 saturated carbocycles. The minimum absolute atomic E-state index is 0.217. The molecule has 1 atom stereocenters. The summed E-state index contributed by atoms with van der Waals surface area (Å²) < 4.78 is 0. The molecule has 0 radical (unpaired) electrons. The molecular formula is C20H24ClN5. The van der Waals surface area contributed by atoms with Crippen LogP contribution in [-0.2, 0) is 0 Å². The maximum atomic E-state index is 8.93. The SMILES string of the molecule is CC(C)(C)N1CC[C@H](CNc2ncc(Cl)c(-c3ccc(C#N)cc3)n2)C1. The van der Waals surface area contributed by atoms with Crippen molar-refractivity contribution < 1.29 is 0 Å². The normalized spacial score (nSPS) is 17.9. The second kappa shape index (κ2) is 7.61. The van der Waals surface area contributed by atoms with Crippen LogP contribution in [0.15, 0.2) is 30.5 Å². The summed E-state index contributed by atoms with van der Waals surface area (Å²) in [5, 5.41) is 12.8. The van der Waals surface area contributed by atoms with Crippen LogP contribution in [0.2, 0.25) is 5.02 Å². The smallest absolute Gasteiger partial charge is 0.223 e. The predicted octanol–water partition coefficient (Wildman–Crippen LogP) is 4.20. The number of halogens is 1. The molecule has 6 heteroatoms. The number of aromatic nitrogens is 2. The van der Waals surface area contributed by atoms with Crippen molar-refractivity contribution in [3.8, 4) is 17.3 Å². The lowest BCUT2D eigenvalue weighted by molar-refractivity contribution is 0.169. The van der Waals surface area contributed by atoms with Crippen molar-refractivity contribution in [3.05, 3.63) is 41.0 Å². The quantitative estimate of drug-likeness (QED) is 0.874. The van der Waals surface area contributed by atoms with Gasteiger partial charge in [0, 0.05) is 24.2 Å². The fraction of sp³-hybridized carbons (Fsp3) is 0.450. The zero-order valence-corrected chi connectivity index (χ0v) is 16.2. The van der Waals surface area contributed by atoms with Gasteiger partial charge in [-0.05, 0) is 51.8 Å². The van der Waals surface area contributed by atoms with Crippen LogP contribution >= 0.6 is 11.6 Å². The van der Waals surface area contributed by atoms with Crippen molar-refractivity contribution in [1.29, 1.82) is 5.26 Å². The second-order valence-corrected chi connectivity index (χ2v) is 8.14. The summed E-state index contributed by atoms with van der Waals surface area (Å²) in [6.07, 6.45) is 2.81. The number of hydrogen-bond donors (Lipinski definition) is 1. The average molecular weight is 370 g/mol. The minimum Gasteiger partial charge on any atom is -0.354 e. The third kappa shape index (κ3) is 4.32. The van der Waals surface area contributed by atoms with Gasteiger partial charge in [0.25, 0.3) is 0 Å². The molecular weight excluding hydrogens is 346 g/mol. The van der Waals surface area contributed by atoms with Gasteiger partial charge < -0.3 is 5.32 Å². The highest BCUT2D eigenvalue weighted by Gasteiger charge is 2.30. The van der Waals surface area contributed by atoms with E-state index in [1.807, 2.05) is 12.1 Å². The Kier molecular flexibility index (Phi) is 5.45. The van der Waals surface area contributed by atoms with Crippen LogP contribution in [0.1, 0.15) is 32.8 Å². The Morgan fingerprint density at radius 1 is 1.31 bits per heavy atom. The molecule has 3 rings (SSSR count). The fourth-order valence-corrected chi connectivity index (χ4v) is 3.40. The molecule has 1 aromatic carbocycles. The lowest BCUT2D eigenvalue weighted by Gasteiger charge is -2.31. The number of rotatable bonds is 4. The van der Waals surface area contributed by atoms with Gasteiger partial charge in [-0.3, -0.25) is 4.90 Å². The number of anilines is 1. The van der Waals surface area contributed by atoms with Gasteiger partial charge >= 0.3 is 0 Å². The molecule has 2 aromatic rings. The van der Waals surface area contributed by atoms with Gasteiger partial charge in [-0.25, -0.2) is 9.97 Å². The Bertz CT molecular complexity index is 804. The maximum absolute atomic E-state index is 8.93. The van der Waals surface area contributed by atoms with Gasteiger partial charge in [0.05, 0.1) is 28.5 Å². The van der Waals surface area contributed by atoms with Crippen LogP contribution in [0.25, 0.3) is 11.3 Å². The lowest BCUT2D eigenvalue weighted by atomic mass is 10.1. The zero-order chi connectivity index (χ0) is 18.7. The van der Waals surface area contributed by atoms with E-state index in [0.29, 0.717) is 28.1 Å². The van der Waals surface area contributed by atoms with E-state index in [-0.39, 0.29) is 5.54 Å². The van der Waals surface area contributed by atoms with Crippen molar-refractivity contribution in [2.45, 2.75) is 32.7 Å². The van der Waals surface area contributed by atoms with Crippen molar-refractivity contribution in [1.82, 2.24) is 14.9 Å². The van der Waals surface area contributed by atoms with Crippen LogP contribution in [0, 0.1) is 17.2 Å². The van der Waals surface area contributed by atoms with Crippen LogP contribution < -0.4 is 5.32 Å². The Balaban J connectivity index is 1.67. The molecule has 1 saturated heterocycles. The summed E-state index contributed by atoms with van der Waals surface area (Å²) in [5.41, 5.74) is 2.38. The standard InChI is InChI=1S/C20H24ClN5/c1-20(2,3)26-9-8-15(13-26)11-23-19-24-12-17(21)18(25-19)16-6-4-14(10-22)5-7-16/h4-7,12,15H,8-9,11,13H2,1-3H3,(H,23,24,25)/t15-/m1/s1. The van der Waals surface area contributed by atoms with Gasteiger partial charge in [0.1, 0.15) is 0 Å². The largest absolute Gasteiger partial charge is 0.354 e. The molecule has 1 aromatic heterocycles. The predicted molar refractivity (Wildman–Crippen MR) is 105 cm³/mol. The maximum Gasteiger partial charge on any atom is 0.223 e. The Morgan fingerprint density at radius 2 is 2.04 bits per heavy atom. The van der Waals surface area contributed by atoms with Gasteiger partial charge in [0.2, 0.25) is 5.95 Å². The van der Waals surface area contributed by atoms with E-state index < -0.39 is 0 Å². The van der Waals surface area contributed by atoms with Gasteiger partial charge in [-0.2, -0.15) is 5.26 Å². The molecule has 26 heavy (non-hydrogen) atoms. The molecule has 1 N–H and O–H groups in total. The Morgan fingerprint density at radius 3 is 2.65 bits per heavy atom. The molecule has 1 aliphatic heterocycles. The van der Waals surface area contributed by atoms with E-state index in [4.69, 9.17) is 16.9 Å². The van der Waals surface area contributed by atoms with Crippen molar-refractivity contribution >= 4 is 17.5 Å². The molecule has 1 fully saturated rings. The van der Waals surface area contributed by atoms with Gasteiger partial charge in [-0.15, -0.1) is 0 Å². The molecule has 0 aliphatic carbocycles. The first-order valence-corrected chi connectivity index (χ1v) is 9.26. The Hall–Kier alpha value is -2.16. The number of likely N-dealkylation sites (tertiary alicyclic amines) is 1. The summed E-state index contributed by atoms with van der Waals surface area (Å²) in [6, 6.07) is 9.36. The van der Waals surface area contributed by atoms with Crippen LogP contribution in [-0.4, -0.2) is 40.0 Å². The highest BCUT2D eigenvalue weighted by Crippen LogP contribution is 2.27. The second-order valence-electron chi connectivity index (χ2n) is 7.73. The highest BCUT2D eigenvalue weighted by molar-refractivity contribution is 6.32. The number of hydrogen-bond acceptors (Lipinski definition) is 5. The minimum atomic E-state index is 0.217. The van der Waals surface area contributed by atoms with E-state index in [9.17, 15) is 0 Å². The number of nitrogens with zero attached hydrogens (tertiary/aromatic N) is 4. The van der Waals surface area contributed by atoms with Gasteiger partial charge in [-0.1, -0.05) is 23.7 Å². The summed E-state index contributed by atoms with van der Waals surface area (Å²) in [5.74, 6) is 1.18. The van der Waals surface area contributed by atoms with E-state index >= 15 is 0 Å². The fourth-order valence-electron chi connectivity index (χ4n) is 3.20. The molecule has 0 spiro atoms. The molecule has 0 amide bonds. The number of nitrogens with one attached hydrogen (secondary N) is 1. The van der Waals surface area contributed by atoms with Crippen molar-refractivity contribution in [3.63, 3.8) is 0 Å². The third-order valence-electron chi connectivity index (χ3n) is 4.81. The average Bonchev–Trinajstić information content (AvgIpc) is 3.11. The Labute approximate surface area is 160 Å². The van der Waals surface area contributed by atoms with E-state index in [1.165, 1.54) is 6.42 Å². The van der Waals surface area contributed by atoms with Gasteiger partial charge in [0.15, 0.2) is 0 Å². The molecule has 0 unspecified atom stereocenters. The van der Waals surface area contributed by atoms with Crippen molar-refractivity contribution in [2.24, 2.45) is 5.92 Å². The van der Waals surface area contributed by atoms with E-state index in [0.717, 1.165) is 25.2 Å². The van der Waals surface area contributed by atoms with Crippen molar-refractivity contribution in [2.75, 3.05) is 25.0 Å². The van der Waals surface area contributed by atoms with Crippen LogP contribution in [0.5, 0.6) is 0 Å². The first kappa shape index (κ1) is 18.6. The topological polar surface area (TPSA) is 64.8 Å². The van der Waals surface area contributed by atoms with Crippen LogP contribution in [0.4, 0.5) is 5.95 Å². The first-order valence-electron chi connectivity index (χ1n) is 8.89. The number of nitriles is 1. The number of benzene rings is 1. The summed E-state index contributed by atoms with van der Waals surface area (Å²) in [4.78, 5) is 11.4. The monoisotopic (exact) mass is 369 g/mol. The summed E-state index contributed by atoms with van der Waals surface area (Å²) in [6.45, 7) is 9.85. The summed E-state index contributed by atoms with van der Waals surface area (Å²) >= 11 is 6.28. The third-order valence-corrected chi connectivity index (χ3v) is 5.09. The first-order chi connectivity index (χ1) is 12.4. The van der Waals surface area contributed by atoms with Crippen LogP contribution in [0.3, 0.4) is 0 Å². The summed E-state index contributed by atoms with van der Waals surface area (Å²) in [7, 11) is 0. The van der Waals surface area contributed by atoms with E-state index in [1.54, 1.807) is 18.3 Å². The molecule has 136 valence electrons. The molecule has 2 heterocycles. The molecule has 0 bridgehead atoms. The molecule has 1 aliphatic rings. The zero-order valence-electron chi connectivity index (χ0n) is 15.5.